The Morgan fingerprint density at radius 2 is 1.90 bits per heavy atom. The smallest absolute Gasteiger partial charge is 0.181 e. The summed E-state index contributed by atoms with van der Waals surface area (Å²) in [5, 5.41) is 1.57. The quantitative estimate of drug-likeness (QED) is 0.604. The van der Waals surface area contributed by atoms with Crippen molar-refractivity contribution >= 4 is 38.4 Å². The summed E-state index contributed by atoms with van der Waals surface area (Å²) in [5.74, 6) is 0.548. The number of fused-ring (bicyclic) bond motifs is 1. The zero-order chi connectivity index (χ0) is 15.0. The number of hydrogen-bond acceptors (Lipinski definition) is 3. The highest BCUT2D eigenvalue weighted by atomic mass is 79.9. The van der Waals surface area contributed by atoms with Crippen molar-refractivity contribution in [3.63, 3.8) is 0 Å². The minimum Gasteiger partial charge on any atom is -0.243 e. The molecule has 3 nitrogen and oxygen atoms in total. The van der Waals surface area contributed by atoms with Gasteiger partial charge in [0.1, 0.15) is 10.8 Å². The second-order valence-electron chi connectivity index (χ2n) is 4.77. The molecule has 3 aromatic rings. The summed E-state index contributed by atoms with van der Waals surface area (Å²) in [6.45, 7) is 3.99. The molecule has 0 aliphatic carbocycles. The third-order valence-corrected chi connectivity index (χ3v) is 4.32. The van der Waals surface area contributed by atoms with Gasteiger partial charge in [0, 0.05) is 21.1 Å². The normalized spacial score (nSPS) is 11.0. The van der Waals surface area contributed by atoms with Gasteiger partial charge in [-0.1, -0.05) is 36.7 Å². The molecule has 0 saturated heterocycles. The van der Waals surface area contributed by atoms with Crippen molar-refractivity contribution in [1.29, 1.82) is 0 Å². The van der Waals surface area contributed by atoms with Gasteiger partial charge in [-0.15, -0.1) is 0 Å². The lowest BCUT2D eigenvalue weighted by atomic mass is 10.1. The fourth-order valence-corrected chi connectivity index (χ4v) is 3.18. The predicted octanol–water partition coefficient (Wildman–Crippen LogP) is 4.98. The van der Waals surface area contributed by atoms with Crippen LogP contribution in [0.4, 0.5) is 0 Å². The number of nitrogens with zero attached hydrogens (tertiary/aromatic N) is 3. The van der Waals surface area contributed by atoms with Crippen LogP contribution >= 0.6 is 27.5 Å². The number of pyridine rings is 1. The number of halogens is 2. The average Bonchev–Trinajstić information content (AvgIpc) is 2.46. The van der Waals surface area contributed by atoms with E-state index in [1.807, 2.05) is 44.2 Å². The molecule has 21 heavy (non-hydrogen) atoms. The predicted molar refractivity (Wildman–Crippen MR) is 89.6 cm³/mol. The van der Waals surface area contributed by atoms with Gasteiger partial charge in [-0.2, -0.15) is 0 Å². The lowest BCUT2D eigenvalue weighted by Crippen LogP contribution is -2.01. The SMILES string of the molecule is CCc1c(C)nc(-c2nc3ccccc3cc2Br)nc1Cl. The van der Waals surface area contributed by atoms with E-state index < -0.39 is 0 Å². The summed E-state index contributed by atoms with van der Waals surface area (Å²) in [6.07, 6.45) is 0.817. The van der Waals surface area contributed by atoms with Gasteiger partial charge in [-0.25, -0.2) is 15.0 Å². The van der Waals surface area contributed by atoms with Gasteiger partial charge < -0.3 is 0 Å². The average molecular weight is 363 g/mol. The molecule has 0 unspecified atom stereocenters. The molecule has 0 aliphatic heterocycles. The monoisotopic (exact) mass is 361 g/mol. The molecule has 0 radical (unpaired) electrons. The minimum atomic E-state index is 0.502. The maximum Gasteiger partial charge on any atom is 0.181 e. The maximum atomic E-state index is 6.26. The van der Waals surface area contributed by atoms with Crippen molar-refractivity contribution in [3.05, 3.63) is 51.2 Å². The Bertz CT molecular complexity index is 810. The van der Waals surface area contributed by atoms with E-state index in [4.69, 9.17) is 11.6 Å². The van der Waals surface area contributed by atoms with Crippen LogP contribution in [0.2, 0.25) is 5.15 Å². The number of aryl methyl sites for hydroxylation is 1. The van der Waals surface area contributed by atoms with Gasteiger partial charge in [-0.3, -0.25) is 0 Å². The van der Waals surface area contributed by atoms with E-state index >= 15 is 0 Å². The van der Waals surface area contributed by atoms with Crippen molar-refractivity contribution in [2.45, 2.75) is 20.3 Å². The maximum absolute atomic E-state index is 6.26. The second-order valence-corrected chi connectivity index (χ2v) is 5.98. The van der Waals surface area contributed by atoms with E-state index in [1.165, 1.54) is 0 Å². The second kappa shape index (κ2) is 5.70. The Morgan fingerprint density at radius 1 is 1.14 bits per heavy atom. The van der Waals surface area contributed by atoms with Gasteiger partial charge in [0.25, 0.3) is 0 Å². The molecule has 0 fully saturated rings. The van der Waals surface area contributed by atoms with Crippen LogP contribution in [0, 0.1) is 6.92 Å². The topological polar surface area (TPSA) is 38.7 Å². The van der Waals surface area contributed by atoms with Crippen LogP contribution in [0.25, 0.3) is 22.4 Å². The van der Waals surface area contributed by atoms with Crippen molar-refractivity contribution in [3.8, 4) is 11.5 Å². The van der Waals surface area contributed by atoms with Crippen LogP contribution in [-0.2, 0) is 6.42 Å². The molecule has 0 aliphatic rings. The molecule has 2 heterocycles. The molecule has 3 rings (SSSR count). The molecule has 0 bridgehead atoms. The molecule has 5 heteroatoms. The summed E-state index contributed by atoms with van der Waals surface area (Å²) in [7, 11) is 0. The van der Waals surface area contributed by atoms with E-state index in [0.29, 0.717) is 16.7 Å². The first-order chi connectivity index (χ1) is 10.1. The minimum absolute atomic E-state index is 0.502. The Kier molecular flexibility index (Phi) is 3.91. The number of hydrogen-bond donors (Lipinski definition) is 0. The largest absolute Gasteiger partial charge is 0.243 e. The van der Waals surface area contributed by atoms with Crippen molar-refractivity contribution < 1.29 is 0 Å². The molecule has 0 saturated carbocycles. The first-order valence-electron chi connectivity index (χ1n) is 6.68. The van der Waals surface area contributed by atoms with Crippen LogP contribution in [0.5, 0.6) is 0 Å². The van der Waals surface area contributed by atoms with Crippen LogP contribution in [-0.4, -0.2) is 15.0 Å². The molecule has 0 amide bonds. The highest BCUT2D eigenvalue weighted by Gasteiger charge is 2.14. The van der Waals surface area contributed by atoms with Crippen LogP contribution in [0.1, 0.15) is 18.2 Å². The van der Waals surface area contributed by atoms with E-state index in [1.54, 1.807) is 0 Å². The van der Waals surface area contributed by atoms with Gasteiger partial charge in [-0.05, 0) is 41.4 Å². The number of benzene rings is 1. The van der Waals surface area contributed by atoms with Crippen molar-refractivity contribution in [2.24, 2.45) is 0 Å². The molecule has 0 spiro atoms. The number of para-hydroxylation sites is 1. The van der Waals surface area contributed by atoms with Gasteiger partial charge in [0.05, 0.1) is 5.52 Å². The third kappa shape index (κ3) is 2.65. The Hall–Kier alpha value is -1.52. The molecule has 0 atom stereocenters. The van der Waals surface area contributed by atoms with E-state index in [0.717, 1.165) is 33.1 Å². The van der Waals surface area contributed by atoms with Gasteiger partial charge >= 0.3 is 0 Å². The first kappa shape index (κ1) is 14.4. The van der Waals surface area contributed by atoms with Crippen molar-refractivity contribution in [2.75, 3.05) is 0 Å². The fraction of sp³-hybridized carbons (Fsp3) is 0.188. The highest BCUT2D eigenvalue weighted by Crippen LogP contribution is 2.29. The van der Waals surface area contributed by atoms with Gasteiger partial charge in [0.15, 0.2) is 5.82 Å². The van der Waals surface area contributed by atoms with E-state index in [2.05, 4.69) is 30.9 Å². The van der Waals surface area contributed by atoms with Crippen LogP contribution in [0.15, 0.2) is 34.8 Å². The van der Waals surface area contributed by atoms with Crippen LogP contribution < -0.4 is 0 Å². The lowest BCUT2D eigenvalue weighted by molar-refractivity contribution is 0.995. The first-order valence-corrected chi connectivity index (χ1v) is 7.86. The molecule has 106 valence electrons. The van der Waals surface area contributed by atoms with Crippen molar-refractivity contribution in [1.82, 2.24) is 15.0 Å². The molecular weight excluding hydrogens is 350 g/mol. The Balaban J connectivity index is 2.22. The fourth-order valence-electron chi connectivity index (χ4n) is 2.32. The van der Waals surface area contributed by atoms with E-state index in [-0.39, 0.29) is 0 Å². The molecule has 2 aromatic heterocycles. The standard InChI is InChI=1S/C16H13BrClN3/c1-3-11-9(2)19-16(21-15(11)18)14-12(17)8-10-6-4-5-7-13(10)20-14/h4-8H,3H2,1-2H3. The molecule has 1 aromatic carbocycles. The van der Waals surface area contributed by atoms with E-state index in [9.17, 15) is 0 Å². The Morgan fingerprint density at radius 3 is 2.62 bits per heavy atom. The summed E-state index contributed by atoms with van der Waals surface area (Å²) < 4.78 is 0.862. The summed E-state index contributed by atoms with van der Waals surface area (Å²) in [5.41, 5.74) is 3.50. The van der Waals surface area contributed by atoms with Crippen LogP contribution in [0.3, 0.4) is 0 Å². The highest BCUT2D eigenvalue weighted by molar-refractivity contribution is 9.10. The van der Waals surface area contributed by atoms with Gasteiger partial charge in [0.2, 0.25) is 0 Å². The zero-order valence-electron chi connectivity index (χ0n) is 11.7. The third-order valence-electron chi connectivity index (χ3n) is 3.41. The number of rotatable bonds is 2. The number of aromatic nitrogens is 3. The summed E-state index contributed by atoms with van der Waals surface area (Å²) >= 11 is 9.81. The Labute approximate surface area is 136 Å². The summed E-state index contributed by atoms with van der Waals surface area (Å²) in [6, 6.07) is 9.98. The molecular formula is C16H13BrClN3. The molecule has 0 N–H and O–H groups in total. The lowest BCUT2D eigenvalue weighted by Gasteiger charge is -2.09. The summed E-state index contributed by atoms with van der Waals surface area (Å²) in [4.78, 5) is 13.6. The zero-order valence-corrected chi connectivity index (χ0v) is 14.0.